The van der Waals surface area contributed by atoms with Crippen LogP contribution in [0.25, 0.3) is 0 Å². The third kappa shape index (κ3) is 4.13. The summed E-state index contributed by atoms with van der Waals surface area (Å²) in [4.78, 5) is 14.7. The number of benzene rings is 3. The van der Waals surface area contributed by atoms with Crippen LogP contribution in [0.5, 0.6) is 11.5 Å². The van der Waals surface area contributed by atoms with E-state index in [4.69, 9.17) is 16.3 Å². The first-order valence-corrected chi connectivity index (χ1v) is 11.4. The number of nitrogens with zero attached hydrogens (tertiary/aromatic N) is 1. The zero-order valence-corrected chi connectivity index (χ0v) is 17.7. The van der Waals surface area contributed by atoms with Gasteiger partial charge in [-0.05, 0) is 55.0 Å². The van der Waals surface area contributed by atoms with Gasteiger partial charge in [-0.2, -0.15) is 0 Å². The Morgan fingerprint density at radius 2 is 1.73 bits per heavy atom. The highest BCUT2D eigenvalue weighted by atomic mass is 35.5. The molecule has 3 aromatic carbocycles. The van der Waals surface area contributed by atoms with Crippen LogP contribution in [-0.2, 0) is 15.8 Å². The number of ether oxygens (including phenoxy) is 1. The molecule has 154 valence electrons. The maximum Gasteiger partial charge on any atom is 0.262 e. The number of nitrogens with one attached hydrogen (secondary N) is 1. The Balaban J connectivity index is 1.63. The van der Waals surface area contributed by atoms with Crippen LogP contribution in [0.4, 0.5) is 11.4 Å². The minimum Gasteiger partial charge on any atom is -0.454 e. The minimum absolute atomic E-state index is 0.210. The van der Waals surface area contributed by atoms with Crippen LogP contribution >= 0.6 is 11.6 Å². The number of para-hydroxylation sites is 2. The van der Waals surface area contributed by atoms with Crippen molar-refractivity contribution < 1.29 is 17.9 Å². The van der Waals surface area contributed by atoms with Gasteiger partial charge in [-0.15, -0.1) is 0 Å². The average molecular weight is 443 g/mol. The zero-order valence-electron chi connectivity index (χ0n) is 16.1. The van der Waals surface area contributed by atoms with Gasteiger partial charge in [0.15, 0.2) is 5.75 Å². The highest BCUT2D eigenvalue weighted by Gasteiger charge is 2.27. The van der Waals surface area contributed by atoms with Gasteiger partial charge in [0, 0.05) is 17.3 Å². The number of carbonyl (C=O) groups is 1. The summed E-state index contributed by atoms with van der Waals surface area (Å²) in [6.45, 7) is 2.32. The highest BCUT2D eigenvalue weighted by molar-refractivity contribution is 7.91. The summed E-state index contributed by atoms with van der Waals surface area (Å²) in [6.07, 6.45) is 0. The summed E-state index contributed by atoms with van der Waals surface area (Å²) in [5, 5.41) is 0.537. The second kappa shape index (κ2) is 8.01. The molecule has 0 spiro atoms. The van der Waals surface area contributed by atoms with Gasteiger partial charge in [0.1, 0.15) is 5.75 Å². The number of sulfonamides is 1. The number of rotatable bonds is 5. The van der Waals surface area contributed by atoms with Crippen molar-refractivity contribution in [3.05, 3.63) is 82.9 Å². The summed E-state index contributed by atoms with van der Waals surface area (Å²) in [6, 6.07) is 18.6. The van der Waals surface area contributed by atoms with Crippen LogP contribution in [0.15, 0.2) is 66.7 Å². The molecule has 1 aliphatic heterocycles. The van der Waals surface area contributed by atoms with E-state index in [9.17, 15) is 13.2 Å². The van der Waals surface area contributed by atoms with Crippen LogP contribution in [0.1, 0.15) is 22.8 Å². The van der Waals surface area contributed by atoms with E-state index in [0.717, 1.165) is 0 Å². The third-order valence-corrected chi connectivity index (χ3v) is 6.20. The molecule has 4 rings (SSSR count). The molecule has 0 aliphatic carbocycles. The number of hydrogen-bond acceptors (Lipinski definition) is 4. The molecule has 8 heteroatoms. The Morgan fingerprint density at radius 3 is 2.47 bits per heavy atom. The molecule has 0 saturated carbocycles. The normalized spacial score (nSPS) is 13.1. The molecule has 1 aliphatic rings. The van der Waals surface area contributed by atoms with E-state index < -0.39 is 10.0 Å². The fourth-order valence-corrected chi connectivity index (χ4v) is 4.63. The van der Waals surface area contributed by atoms with Crippen molar-refractivity contribution in [3.8, 4) is 11.5 Å². The zero-order chi connectivity index (χ0) is 21.3. The van der Waals surface area contributed by atoms with E-state index in [0.29, 0.717) is 45.6 Å². The van der Waals surface area contributed by atoms with Crippen molar-refractivity contribution in [2.75, 3.05) is 16.2 Å². The van der Waals surface area contributed by atoms with Gasteiger partial charge in [0.2, 0.25) is 10.0 Å². The van der Waals surface area contributed by atoms with E-state index in [1.807, 2.05) is 25.1 Å². The number of anilines is 2. The van der Waals surface area contributed by atoms with Crippen LogP contribution < -0.4 is 14.4 Å². The Hall–Kier alpha value is -3.03. The predicted octanol–water partition coefficient (Wildman–Crippen LogP) is 5.05. The summed E-state index contributed by atoms with van der Waals surface area (Å²) >= 11 is 5.85. The van der Waals surface area contributed by atoms with Crippen LogP contribution in [0, 0.1) is 0 Å². The van der Waals surface area contributed by atoms with Gasteiger partial charge in [-0.3, -0.25) is 9.52 Å². The fraction of sp³-hybridized carbons (Fsp3) is 0.136. The van der Waals surface area contributed by atoms with Crippen LogP contribution in [-0.4, -0.2) is 20.9 Å². The maximum atomic E-state index is 13.1. The molecule has 0 radical (unpaired) electrons. The second-order valence-electron chi connectivity index (χ2n) is 6.82. The van der Waals surface area contributed by atoms with Crippen molar-refractivity contribution in [3.63, 3.8) is 0 Å². The van der Waals surface area contributed by atoms with E-state index in [1.54, 1.807) is 47.4 Å². The van der Waals surface area contributed by atoms with Gasteiger partial charge in [-0.1, -0.05) is 35.9 Å². The van der Waals surface area contributed by atoms with E-state index in [1.165, 1.54) is 6.07 Å². The summed E-state index contributed by atoms with van der Waals surface area (Å²) in [7, 11) is -3.69. The molecule has 0 fully saturated rings. The molecule has 1 amide bonds. The lowest BCUT2D eigenvalue weighted by Gasteiger charge is -2.20. The largest absolute Gasteiger partial charge is 0.454 e. The van der Waals surface area contributed by atoms with Crippen LogP contribution in [0.3, 0.4) is 0 Å². The molecule has 1 N–H and O–H groups in total. The van der Waals surface area contributed by atoms with Crippen molar-refractivity contribution in [2.24, 2.45) is 0 Å². The molecular weight excluding hydrogens is 424 g/mol. The van der Waals surface area contributed by atoms with E-state index in [-0.39, 0.29) is 11.7 Å². The van der Waals surface area contributed by atoms with Crippen molar-refractivity contribution >= 4 is 38.9 Å². The number of amides is 1. The van der Waals surface area contributed by atoms with Crippen molar-refractivity contribution in [2.45, 2.75) is 12.7 Å². The molecule has 0 bridgehead atoms. The van der Waals surface area contributed by atoms with Gasteiger partial charge >= 0.3 is 0 Å². The highest BCUT2D eigenvalue weighted by Crippen LogP contribution is 2.39. The third-order valence-electron chi connectivity index (χ3n) is 4.69. The lowest BCUT2D eigenvalue weighted by Crippen LogP contribution is -2.29. The van der Waals surface area contributed by atoms with Gasteiger partial charge in [0.25, 0.3) is 5.91 Å². The molecule has 0 atom stereocenters. The molecule has 0 aromatic heterocycles. The molecule has 6 nitrogen and oxygen atoms in total. The second-order valence-corrected chi connectivity index (χ2v) is 8.98. The number of fused-ring (bicyclic) bond motifs is 2. The SMILES string of the molecule is CCN1C(=O)c2cc(NS(=O)(=O)Cc3ccc(Cl)cc3)ccc2Oc2ccccc21. The fourth-order valence-electron chi connectivity index (χ4n) is 3.32. The molecule has 0 saturated heterocycles. The van der Waals surface area contributed by atoms with Gasteiger partial charge in [0.05, 0.1) is 17.0 Å². The quantitative estimate of drug-likeness (QED) is 0.599. The maximum absolute atomic E-state index is 13.1. The summed E-state index contributed by atoms with van der Waals surface area (Å²) in [5.41, 5.74) is 1.86. The smallest absolute Gasteiger partial charge is 0.262 e. The number of carbonyl (C=O) groups excluding carboxylic acids is 1. The monoisotopic (exact) mass is 442 g/mol. The van der Waals surface area contributed by atoms with Crippen molar-refractivity contribution in [1.82, 2.24) is 0 Å². The van der Waals surface area contributed by atoms with E-state index in [2.05, 4.69) is 4.72 Å². The molecular formula is C22H19ClN2O4S. The summed E-state index contributed by atoms with van der Waals surface area (Å²) in [5.74, 6) is 0.487. The van der Waals surface area contributed by atoms with Crippen LogP contribution in [0.2, 0.25) is 5.02 Å². The van der Waals surface area contributed by atoms with Gasteiger partial charge < -0.3 is 9.64 Å². The average Bonchev–Trinajstić information content (AvgIpc) is 2.83. The molecule has 0 unspecified atom stereocenters. The van der Waals surface area contributed by atoms with Gasteiger partial charge in [-0.25, -0.2) is 8.42 Å². The Bertz CT molecular complexity index is 1210. The Labute approximate surface area is 180 Å². The first-order valence-electron chi connectivity index (χ1n) is 9.34. The first-order chi connectivity index (χ1) is 14.4. The molecule has 3 aromatic rings. The predicted molar refractivity (Wildman–Crippen MR) is 118 cm³/mol. The number of halogens is 1. The number of hydrogen-bond donors (Lipinski definition) is 1. The topological polar surface area (TPSA) is 75.7 Å². The molecule has 30 heavy (non-hydrogen) atoms. The Morgan fingerprint density at radius 1 is 1.00 bits per heavy atom. The van der Waals surface area contributed by atoms with Crippen molar-refractivity contribution in [1.29, 1.82) is 0 Å². The minimum atomic E-state index is -3.69. The lowest BCUT2D eigenvalue weighted by atomic mass is 10.1. The lowest BCUT2D eigenvalue weighted by molar-refractivity contribution is 0.0988. The van der Waals surface area contributed by atoms with E-state index >= 15 is 0 Å². The molecule has 1 heterocycles. The first kappa shape index (κ1) is 20.3. The standard InChI is InChI=1S/C22H19ClN2O4S/c1-2-25-19-5-3-4-6-21(19)29-20-12-11-17(13-18(20)22(25)26)24-30(27,28)14-15-7-9-16(23)10-8-15/h3-13,24H,2,14H2,1H3. The Kier molecular flexibility index (Phi) is 5.40. The summed E-state index contributed by atoms with van der Waals surface area (Å²) < 4.78 is 33.7.